The number of unbranched alkanes of at least 4 members (excludes halogenated alkanes) is 11. The summed E-state index contributed by atoms with van der Waals surface area (Å²) >= 11 is 0. The van der Waals surface area contributed by atoms with Gasteiger partial charge in [0.05, 0.1) is 18.5 Å². The van der Waals surface area contributed by atoms with Crippen LogP contribution in [0.4, 0.5) is 5.69 Å². The maximum atomic E-state index is 13.5. The lowest BCUT2D eigenvalue weighted by Gasteiger charge is -2.23. The van der Waals surface area contributed by atoms with Crippen LogP contribution < -0.4 is 21.7 Å². The summed E-state index contributed by atoms with van der Waals surface area (Å²) in [5, 5.41) is 27.0. The van der Waals surface area contributed by atoms with Gasteiger partial charge in [-0.1, -0.05) is 89.7 Å². The lowest BCUT2D eigenvalue weighted by molar-refractivity contribution is -0.142. The average molecular weight is 743 g/mol. The molecule has 12 heteroatoms. The molecule has 53 heavy (non-hydrogen) atoms. The molecule has 0 spiro atoms. The number of amides is 2. The van der Waals surface area contributed by atoms with E-state index in [1.54, 1.807) is 0 Å². The van der Waals surface area contributed by atoms with Crippen molar-refractivity contribution in [2.75, 3.05) is 11.9 Å². The first kappa shape index (κ1) is 45.4. The minimum absolute atomic E-state index is 0.0101. The van der Waals surface area contributed by atoms with E-state index in [4.69, 9.17) is 10.8 Å². The fourth-order valence-electron chi connectivity index (χ4n) is 6.89. The maximum absolute atomic E-state index is 13.5. The number of ketones is 2. The fraction of sp³-hybridized carbons (Fsp3) is 0.707. The highest BCUT2D eigenvalue weighted by Gasteiger charge is 2.30. The smallest absolute Gasteiger partial charge is 0.326 e. The molecule has 0 aliphatic carbocycles. The molecular formula is C41H66N4O8. The van der Waals surface area contributed by atoms with Crippen molar-refractivity contribution >= 4 is 41.0 Å². The van der Waals surface area contributed by atoms with Gasteiger partial charge in [0.15, 0.2) is 5.78 Å². The number of rotatable bonds is 31. The number of carboxylic acid groups (broad SMARTS) is 2. The number of benzene rings is 1. The number of hydrogen-bond acceptors (Lipinski definition) is 8. The molecule has 1 aliphatic rings. The van der Waals surface area contributed by atoms with Gasteiger partial charge in [-0.2, -0.15) is 0 Å². The van der Waals surface area contributed by atoms with E-state index in [-0.39, 0.29) is 36.9 Å². The van der Waals surface area contributed by atoms with E-state index in [1.165, 1.54) is 32.1 Å². The Kier molecular flexibility index (Phi) is 22.3. The Balaban J connectivity index is 1.80. The van der Waals surface area contributed by atoms with E-state index in [2.05, 4.69) is 28.9 Å². The second kappa shape index (κ2) is 26.1. The maximum Gasteiger partial charge on any atom is 0.326 e. The number of nitrogens with one attached hydrogen (secondary N) is 3. The molecule has 1 aromatic rings. The highest BCUT2D eigenvalue weighted by molar-refractivity contribution is 5.91. The predicted octanol–water partition coefficient (Wildman–Crippen LogP) is 6.71. The van der Waals surface area contributed by atoms with Crippen LogP contribution in [0.5, 0.6) is 0 Å². The SMILES string of the molecule is CCCCCCCCCC(=O)CCCCCCC[C@H](N)C(=O)N[C@H](CC1CNc2cc(C)ccc21)C(=O)CCCC[C@@H](NC(=O)CCC(=O)O)C(=O)O. The van der Waals surface area contributed by atoms with E-state index in [1.807, 2.05) is 19.1 Å². The lowest BCUT2D eigenvalue weighted by Crippen LogP contribution is -2.49. The van der Waals surface area contributed by atoms with Crippen molar-refractivity contribution in [3.8, 4) is 0 Å². The third-order valence-electron chi connectivity index (χ3n) is 10.1. The number of carboxylic acids is 2. The van der Waals surface area contributed by atoms with Gasteiger partial charge in [0.25, 0.3) is 0 Å². The van der Waals surface area contributed by atoms with Crippen LogP contribution in [0.2, 0.25) is 0 Å². The highest BCUT2D eigenvalue weighted by atomic mass is 16.4. The van der Waals surface area contributed by atoms with Crippen LogP contribution in [0.15, 0.2) is 18.2 Å². The summed E-state index contributed by atoms with van der Waals surface area (Å²) in [6.07, 6.45) is 15.4. The van der Waals surface area contributed by atoms with Crippen LogP contribution in [0, 0.1) is 6.92 Å². The van der Waals surface area contributed by atoms with Crippen LogP contribution in [0.1, 0.15) is 165 Å². The van der Waals surface area contributed by atoms with Crippen molar-refractivity contribution in [2.24, 2.45) is 5.73 Å². The molecule has 0 fully saturated rings. The standard InChI is InChI=1S/C41H66N4O8/c1-3-4-5-6-7-9-12-17-31(46)18-13-10-8-11-14-19-33(42)40(51)45-36(27-30-28-43-35-26-29(2)22-23-32(30)35)37(47)21-16-15-20-34(41(52)53)44-38(48)24-25-39(49)50/h22-23,26,30,33-34,36,43H,3-21,24-25,27-28,42H2,1-2H3,(H,44,48)(H,45,51)(H,49,50)(H,52,53)/t30?,33-,34+,36+/m0/s1. The Morgan fingerprint density at radius 1 is 0.755 bits per heavy atom. The minimum atomic E-state index is -1.23. The van der Waals surface area contributed by atoms with E-state index in [9.17, 15) is 33.9 Å². The molecule has 1 heterocycles. The summed E-state index contributed by atoms with van der Waals surface area (Å²) < 4.78 is 0. The van der Waals surface area contributed by atoms with Gasteiger partial charge in [-0.15, -0.1) is 0 Å². The average Bonchev–Trinajstić information content (AvgIpc) is 3.51. The van der Waals surface area contributed by atoms with Crippen molar-refractivity contribution in [1.82, 2.24) is 10.6 Å². The van der Waals surface area contributed by atoms with Crippen molar-refractivity contribution in [3.05, 3.63) is 29.3 Å². The van der Waals surface area contributed by atoms with E-state index in [0.717, 1.165) is 61.8 Å². The van der Waals surface area contributed by atoms with Crippen LogP contribution in [-0.4, -0.2) is 70.2 Å². The number of Topliss-reactive ketones (excluding diaryl/α,β-unsaturated/α-hetero) is 2. The van der Waals surface area contributed by atoms with Crippen molar-refractivity contribution in [3.63, 3.8) is 0 Å². The van der Waals surface area contributed by atoms with Gasteiger partial charge in [-0.05, 0) is 62.6 Å². The Morgan fingerprint density at radius 2 is 1.36 bits per heavy atom. The van der Waals surface area contributed by atoms with Crippen LogP contribution in [0.25, 0.3) is 0 Å². The minimum Gasteiger partial charge on any atom is -0.481 e. The van der Waals surface area contributed by atoms with Crippen LogP contribution in [0.3, 0.4) is 0 Å². The zero-order valence-electron chi connectivity index (χ0n) is 32.2. The molecule has 2 rings (SSSR count). The van der Waals surface area contributed by atoms with Gasteiger partial charge < -0.3 is 31.9 Å². The van der Waals surface area contributed by atoms with Gasteiger partial charge >= 0.3 is 11.9 Å². The van der Waals surface area contributed by atoms with Crippen molar-refractivity contribution in [1.29, 1.82) is 0 Å². The van der Waals surface area contributed by atoms with Crippen molar-refractivity contribution in [2.45, 2.75) is 179 Å². The molecule has 1 unspecified atom stereocenters. The highest BCUT2D eigenvalue weighted by Crippen LogP contribution is 2.35. The molecule has 2 amide bonds. The molecule has 7 N–H and O–H groups in total. The molecule has 1 aromatic carbocycles. The number of aliphatic carboxylic acids is 2. The Labute approximate surface area is 316 Å². The van der Waals surface area contributed by atoms with Crippen LogP contribution >= 0.6 is 0 Å². The zero-order chi connectivity index (χ0) is 39.0. The first-order valence-corrected chi connectivity index (χ1v) is 20.1. The number of carbonyl (C=O) groups excluding carboxylic acids is 4. The predicted molar refractivity (Wildman–Crippen MR) is 207 cm³/mol. The largest absolute Gasteiger partial charge is 0.481 e. The van der Waals surface area contributed by atoms with E-state index in [0.29, 0.717) is 50.9 Å². The molecule has 298 valence electrons. The second-order valence-corrected chi connectivity index (χ2v) is 14.9. The molecule has 12 nitrogen and oxygen atoms in total. The summed E-state index contributed by atoms with van der Waals surface area (Å²) in [5.74, 6) is -3.20. The van der Waals surface area contributed by atoms with Gasteiger partial charge in [0.2, 0.25) is 11.8 Å². The molecule has 0 aromatic heterocycles. The normalized spacial score (nSPS) is 15.1. The van der Waals surface area contributed by atoms with Crippen molar-refractivity contribution < 1.29 is 39.0 Å². The molecule has 0 bridgehead atoms. The summed E-state index contributed by atoms with van der Waals surface area (Å²) in [6.45, 7) is 4.86. The Bertz CT molecular complexity index is 1320. The van der Waals surface area contributed by atoms with Gasteiger partial charge in [-0.25, -0.2) is 4.79 Å². The number of carbonyl (C=O) groups is 6. The number of nitrogens with two attached hydrogens (primary N) is 1. The molecule has 1 aliphatic heterocycles. The second-order valence-electron chi connectivity index (χ2n) is 14.9. The summed E-state index contributed by atoms with van der Waals surface area (Å²) in [4.78, 5) is 73.4. The quantitative estimate of drug-likeness (QED) is 0.0444. The lowest BCUT2D eigenvalue weighted by atomic mass is 9.90. The monoisotopic (exact) mass is 742 g/mol. The number of hydrogen-bond donors (Lipinski definition) is 6. The summed E-state index contributed by atoms with van der Waals surface area (Å²) in [5.41, 5.74) is 9.53. The van der Waals surface area contributed by atoms with E-state index >= 15 is 0 Å². The number of fused-ring (bicyclic) bond motifs is 1. The number of anilines is 1. The fourth-order valence-corrected chi connectivity index (χ4v) is 6.89. The third kappa shape index (κ3) is 19.2. The molecule has 4 atom stereocenters. The Morgan fingerprint density at radius 3 is 2.00 bits per heavy atom. The number of aryl methyl sites for hydroxylation is 1. The molecule has 0 saturated heterocycles. The summed E-state index contributed by atoms with van der Waals surface area (Å²) in [7, 11) is 0. The Hall–Kier alpha value is -3.80. The van der Waals surface area contributed by atoms with Gasteiger partial charge in [0.1, 0.15) is 11.8 Å². The topological polar surface area (TPSA) is 205 Å². The molecular weight excluding hydrogens is 676 g/mol. The first-order valence-electron chi connectivity index (χ1n) is 20.1. The zero-order valence-corrected chi connectivity index (χ0v) is 32.2. The van der Waals surface area contributed by atoms with Crippen LogP contribution in [-0.2, 0) is 28.8 Å². The molecule has 0 saturated carbocycles. The molecule has 0 radical (unpaired) electrons. The summed E-state index contributed by atoms with van der Waals surface area (Å²) in [6, 6.07) is 3.43. The van der Waals surface area contributed by atoms with E-state index < -0.39 is 42.4 Å². The third-order valence-corrected chi connectivity index (χ3v) is 10.1. The first-order chi connectivity index (χ1) is 25.4. The van der Waals surface area contributed by atoms with Gasteiger partial charge in [-0.3, -0.25) is 24.0 Å². The van der Waals surface area contributed by atoms with Gasteiger partial charge in [0, 0.05) is 43.8 Å².